The van der Waals surface area contributed by atoms with Crippen LogP contribution in [0.4, 0.5) is 0 Å². The molecule has 2 rings (SSSR count). The summed E-state index contributed by atoms with van der Waals surface area (Å²) in [7, 11) is 0. The predicted octanol–water partition coefficient (Wildman–Crippen LogP) is 1.24. The number of hydrogen-bond donors (Lipinski definition) is 1. The lowest BCUT2D eigenvalue weighted by Gasteiger charge is -2.31. The van der Waals surface area contributed by atoms with E-state index in [1.807, 2.05) is 24.0 Å². The second-order valence-electron chi connectivity index (χ2n) is 5.21. The number of rotatable bonds is 3. The lowest BCUT2D eigenvalue weighted by atomic mass is 10.0. The van der Waals surface area contributed by atoms with Crippen LogP contribution < -0.4 is 5.73 Å². The van der Waals surface area contributed by atoms with Gasteiger partial charge in [0.05, 0.1) is 19.3 Å². The summed E-state index contributed by atoms with van der Waals surface area (Å²) in [6, 6.07) is 0. The van der Waals surface area contributed by atoms with Crippen molar-refractivity contribution in [3.63, 3.8) is 0 Å². The zero-order valence-electron chi connectivity index (χ0n) is 11.3. The molecular formula is C13H23N5. The van der Waals surface area contributed by atoms with E-state index < -0.39 is 0 Å². The Labute approximate surface area is 109 Å². The number of aryl methyl sites for hydroxylation is 1. The Morgan fingerprint density at radius 2 is 2.44 bits per heavy atom. The molecule has 0 amide bonds. The third-order valence-electron chi connectivity index (χ3n) is 3.35. The van der Waals surface area contributed by atoms with Crippen LogP contribution in [-0.4, -0.2) is 40.3 Å². The fourth-order valence-corrected chi connectivity index (χ4v) is 2.35. The molecule has 2 N–H and O–H groups in total. The van der Waals surface area contributed by atoms with Gasteiger partial charge in [0.25, 0.3) is 0 Å². The molecule has 0 radical (unpaired) electrons. The summed E-state index contributed by atoms with van der Waals surface area (Å²) in [6.07, 6.45) is 6.40. The summed E-state index contributed by atoms with van der Waals surface area (Å²) in [5.74, 6) is 1.41. The molecule has 1 aliphatic rings. The molecule has 1 aromatic heterocycles. The first-order valence-corrected chi connectivity index (χ1v) is 6.69. The zero-order valence-corrected chi connectivity index (χ0v) is 11.3. The molecule has 100 valence electrons. The Morgan fingerprint density at radius 1 is 1.61 bits per heavy atom. The van der Waals surface area contributed by atoms with Crippen LogP contribution in [0, 0.1) is 12.8 Å². The van der Waals surface area contributed by atoms with E-state index in [0.29, 0.717) is 12.5 Å². The quantitative estimate of drug-likeness (QED) is 0.647. The number of aromatic nitrogens is 2. The number of nitrogens with two attached hydrogens (primary N) is 1. The van der Waals surface area contributed by atoms with Crippen LogP contribution in [0.3, 0.4) is 0 Å². The van der Waals surface area contributed by atoms with Gasteiger partial charge in [-0.05, 0) is 31.2 Å². The molecule has 0 saturated carbocycles. The lowest BCUT2D eigenvalue weighted by molar-refractivity contribution is 0.270. The second kappa shape index (κ2) is 5.89. The maximum Gasteiger partial charge on any atom is 0.191 e. The van der Waals surface area contributed by atoms with E-state index >= 15 is 0 Å². The Morgan fingerprint density at radius 3 is 3.11 bits per heavy atom. The molecule has 1 unspecified atom stereocenters. The largest absolute Gasteiger partial charge is 0.370 e. The molecule has 2 heterocycles. The van der Waals surface area contributed by atoms with Gasteiger partial charge in [0.1, 0.15) is 0 Å². The topological polar surface area (TPSA) is 59.4 Å². The molecule has 0 aliphatic carbocycles. The van der Waals surface area contributed by atoms with Crippen molar-refractivity contribution in [1.29, 1.82) is 0 Å². The first kappa shape index (κ1) is 12.9. The molecule has 0 spiro atoms. The molecule has 1 atom stereocenters. The van der Waals surface area contributed by atoms with Crippen molar-refractivity contribution in [2.24, 2.45) is 16.6 Å². The van der Waals surface area contributed by atoms with Crippen molar-refractivity contribution in [2.45, 2.75) is 33.2 Å². The van der Waals surface area contributed by atoms with Gasteiger partial charge >= 0.3 is 0 Å². The van der Waals surface area contributed by atoms with Crippen LogP contribution in [0.5, 0.6) is 0 Å². The molecule has 1 aliphatic heterocycles. The van der Waals surface area contributed by atoms with Gasteiger partial charge in [-0.15, -0.1) is 0 Å². The minimum Gasteiger partial charge on any atom is -0.370 e. The van der Waals surface area contributed by atoms with E-state index in [1.54, 1.807) is 0 Å². The summed E-state index contributed by atoms with van der Waals surface area (Å²) < 4.78 is 1.91. The van der Waals surface area contributed by atoms with Gasteiger partial charge in [-0.2, -0.15) is 5.10 Å². The van der Waals surface area contributed by atoms with Crippen LogP contribution in [0.2, 0.25) is 0 Å². The summed E-state index contributed by atoms with van der Waals surface area (Å²) >= 11 is 0. The van der Waals surface area contributed by atoms with Crippen molar-refractivity contribution >= 4 is 5.96 Å². The molecule has 1 saturated heterocycles. The highest BCUT2D eigenvalue weighted by Gasteiger charge is 2.17. The summed E-state index contributed by atoms with van der Waals surface area (Å²) in [6.45, 7) is 7.87. The van der Waals surface area contributed by atoms with Gasteiger partial charge in [-0.3, -0.25) is 9.67 Å². The summed E-state index contributed by atoms with van der Waals surface area (Å²) in [5, 5.41) is 4.23. The normalized spacial score (nSPS) is 21.3. The Balaban J connectivity index is 1.81. The van der Waals surface area contributed by atoms with Crippen LogP contribution in [0.15, 0.2) is 17.4 Å². The predicted molar refractivity (Wildman–Crippen MR) is 73.4 cm³/mol. The first-order valence-electron chi connectivity index (χ1n) is 6.69. The van der Waals surface area contributed by atoms with Crippen molar-refractivity contribution in [2.75, 3.05) is 19.6 Å². The van der Waals surface area contributed by atoms with Crippen molar-refractivity contribution in [3.05, 3.63) is 18.0 Å². The maximum atomic E-state index is 6.03. The number of guanidine groups is 1. The molecule has 0 bridgehead atoms. The second-order valence-corrected chi connectivity index (χ2v) is 5.21. The number of hydrogen-bond acceptors (Lipinski definition) is 2. The van der Waals surface area contributed by atoms with Gasteiger partial charge in [0.15, 0.2) is 5.96 Å². The maximum absolute atomic E-state index is 6.03. The average molecular weight is 249 g/mol. The molecular weight excluding hydrogens is 226 g/mol. The van der Waals surface area contributed by atoms with Gasteiger partial charge < -0.3 is 10.6 Å². The smallest absolute Gasteiger partial charge is 0.191 e. The lowest BCUT2D eigenvalue weighted by Crippen LogP contribution is -2.43. The Bertz CT molecular complexity index is 409. The SMILES string of the molecule is Cc1cnn(CCN=C(N)N2CCCC(C)C2)c1. The highest BCUT2D eigenvalue weighted by atomic mass is 15.3. The summed E-state index contributed by atoms with van der Waals surface area (Å²) in [4.78, 5) is 6.64. The number of likely N-dealkylation sites (tertiary alicyclic amines) is 1. The van der Waals surface area contributed by atoms with Gasteiger partial charge in [-0.1, -0.05) is 6.92 Å². The number of aliphatic imine (C=N–C) groups is 1. The fourth-order valence-electron chi connectivity index (χ4n) is 2.35. The molecule has 5 nitrogen and oxygen atoms in total. The van der Waals surface area contributed by atoms with Gasteiger partial charge in [0, 0.05) is 19.3 Å². The Hall–Kier alpha value is -1.52. The number of nitrogens with zero attached hydrogens (tertiary/aromatic N) is 4. The minimum absolute atomic E-state index is 0.686. The van der Waals surface area contributed by atoms with Crippen LogP contribution in [0.25, 0.3) is 0 Å². The minimum atomic E-state index is 0.686. The summed E-state index contributed by atoms with van der Waals surface area (Å²) in [5.41, 5.74) is 7.20. The van der Waals surface area contributed by atoms with Crippen molar-refractivity contribution < 1.29 is 0 Å². The van der Waals surface area contributed by atoms with E-state index in [4.69, 9.17) is 5.73 Å². The Kier molecular flexibility index (Phi) is 4.23. The molecule has 5 heteroatoms. The van der Waals surface area contributed by atoms with Crippen LogP contribution in [0.1, 0.15) is 25.3 Å². The zero-order chi connectivity index (χ0) is 13.0. The van der Waals surface area contributed by atoms with E-state index in [9.17, 15) is 0 Å². The van der Waals surface area contributed by atoms with E-state index in [0.717, 1.165) is 25.6 Å². The molecule has 1 fully saturated rings. The highest BCUT2D eigenvalue weighted by Crippen LogP contribution is 2.14. The van der Waals surface area contributed by atoms with E-state index in [-0.39, 0.29) is 0 Å². The first-order chi connectivity index (χ1) is 8.65. The monoisotopic (exact) mass is 249 g/mol. The van der Waals surface area contributed by atoms with Crippen LogP contribution >= 0.6 is 0 Å². The molecule has 18 heavy (non-hydrogen) atoms. The molecule has 0 aromatic carbocycles. The van der Waals surface area contributed by atoms with E-state index in [1.165, 1.54) is 18.4 Å². The fraction of sp³-hybridized carbons (Fsp3) is 0.692. The van der Waals surface area contributed by atoms with Crippen LogP contribution in [-0.2, 0) is 6.54 Å². The standard InChI is InChI=1S/C13H23N5/c1-11-4-3-6-17(9-11)13(14)15-5-7-18-10-12(2)8-16-18/h8,10-11H,3-7,9H2,1-2H3,(H2,14,15). The van der Waals surface area contributed by atoms with Crippen molar-refractivity contribution in [1.82, 2.24) is 14.7 Å². The third-order valence-corrected chi connectivity index (χ3v) is 3.35. The highest BCUT2D eigenvalue weighted by molar-refractivity contribution is 5.78. The molecule has 1 aromatic rings. The van der Waals surface area contributed by atoms with E-state index in [2.05, 4.69) is 21.9 Å². The third kappa shape index (κ3) is 3.48. The van der Waals surface area contributed by atoms with Crippen molar-refractivity contribution in [3.8, 4) is 0 Å². The van der Waals surface area contributed by atoms with Gasteiger partial charge in [-0.25, -0.2) is 0 Å². The average Bonchev–Trinajstić information content (AvgIpc) is 2.75. The van der Waals surface area contributed by atoms with Gasteiger partial charge in [0.2, 0.25) is 0 Å². The number of piperidine rings is 1.